The molecule has 1 atom stereocenters. The van der Waals surface area contributed by atoms with E-state index in [-0.39, 0.29) is 16.8 Å². The molecule has 0 aliphatic rings. The molecule has 0 fully saturated rings. The van der Waals surface area contributed by atoms with Gasteiger partial charge in [-0.3, -0.25) is 4.79 Å². The summed E-state index contributed by atoms with van der Waals surface area (Å²) in [6.45, 7) is 16.1. The SMILES string of the molecule is CN(C)CCOC(=O)[C@](C)(CC(C)(C)C)C(C)(C)C. The first kappa shape index (κ1) is 18.4. The van der Waals surface area contributed by atoms with Crippen LogP contribution in [0.15, 0.2) is 0 Å². The summed E-state index contributed by atoms with van der Waals surface area (Å²) in [5.74, 6) is -0.0724. The average Bonchev–Trinajstić information content (AvgIpc) is 2.12. The van der Waals surface area contributed by atoms with E-state index in [0.717, 1.165) is 13.0 Å². The van der Waals surface area contributed by atoms with Crippen LogP contribution in [0.3, 0.4) is 0 Å². The minimum absolute atomic E-state index is 0.0724. The van der Waals surface area contributed by atoms with Gasteiger partial charge in [0.2, 0.25) is 0 Å². The molecular weight excluding hydrogens is 238 g/mol. The van der Waals surface area contributed by atoms with Crippen LogP contribution in [0.1, 0.15) is 54.9 Å². The van der Waals surface area contributed by atoms with Crippen LogP contribution in [0.2, 0.25) is 0 Å². The van der Waals surface area contributed by atoms with Crippen molar-refractivity contribution < 1.29 is 9.53 Å². The van der Waals surface area contributed by atoms with Gasteiger partial charge in [0, 0.05) is 6.54 Å². The van der Waals surface area contributed by atoms with Crippen LogP contribution in [-0.4, -0.2) is 38.1 Å². The smallest absolute Gasteiger partial charge is 0.312 e. The van der Waals surface area contributed by atoms with Gasteiger partial charge in [0.15, 0.2) is 0 Å². The van der Waals surface area contributed by atoms with Gasteiger partial charge in [-0.2, -0.15) is 0 Å². The summed E-state index contributed by atoms with van der Waals surface area (Å²) in [6.07, 6.45) is 0.824. The third-order valence-corrected chi connectivity index (χ3v) is 3.76. The van der Waals surface area contributed by atoms with Crippen LogP contribution >= 0.6 is 0 Å². The molecule has 0 N–H and O–H groups in total. The van der Waals surface area contributed by atoms with E-state index in [1.807, 2.05) is 25.9 Å². The number of likely N-dealkylation sites (N-methyl/N-ethyl adjacent to an activating group) is 1. The lowest BCUT2D eigenvalue weighted by Gasteiger charge is -2.43. The first-order valence-corrected chi connectivity index (χ1v) is 7.11. The second-order valence-corrected chi connectivity index (χ2v) is 8.26. The summed E-state index contributed by atoms with van der Waals surface area (Å²) in [6, 6.07) is 0. The number of nitrogens with zero attached hydrogens (tertiary/aromatic N) is 1. The van der Waals surface area contributed by atoms with Crippen molar-refractivity contribution in [2.24, 2.45) is 16.2 Å². The maximum atomic E-state index is 12.5. The van der Waals surface area contributed by atoms with Gasteiger partial charge in [0.05, 0.1) is 5.41 Å². The van der Waals surface area contributed by atoms with Crippen molar-refractivity contribution in [2.45, 2.75) is 54.9 Å². The highest BCUT2D eigenvalue weighted by atomic mass is 16.5. The van der Waals surface area contributed by atoms with Crippen molar-refractivity contribution in [2.75, 3.05) is 27.2 Å². The fourth-order valence-corrected chi connectivity index (χ4v) is 2.18. The summed E-state index contributed by atoms with van der Waals surface area (Å²) < 4.78 is 5.51. The summed E-state index contributed by atoms with van der Waals surface area (Å²) in [7, 11) is 3.96. The van der Waals surface area contributed by atoms with Gasteiger partial charge in [0.1, 0.15) is 6.61 Å². The molecule has 0 radical (unpaired) electrons. The van der Waals surface area contributed by atoms with Crippen molar-refractivity contribution in [3.8, 4) is 0 Å². The van der Waals surface area contributed by atoms with Crippen LogP contribution in [-0.2, 0) is 9.53 Å². The number of carbonyl (C=O) groups excluding carboxylic acids is 1. The lowest BCUT2D eigenvalue weighted by Crippen LogP contribution is -2.44. The molecule has 0 amide bonds. The number of hydrogen-bond donors (Lipinski definition) is 0. The minimum atomic E-state index is -0.461. The van der Waals surface area contributed by atoms with Crippen molar-refractivity contribution in [3.63, 3.8) is 0 Å². The molecule has 0 heterocycles. The van der Waals surface area contributed by atoms with E-state index in [0.29, 0.717) is 6.61 Å². The van der Waals surface area contributed by atoms with E-state index < -0.39 is 5.41 Å². The predicted octanol–water partition coefficient (Wildman–Crippen LogP) is 3.58. The lowest BCUT2D eigenvalue weighted by molar-refractivity contribution is -0.165. The van der Waals surface area contributed by atoms with E-state index >= 15 is 0 Å². The molecule has 0 unspecified atom stereocenters. The van der Waals surface area contributed by atoms with Gasteiger partial charge in [-0.15, -0.1) is 0 Å². The zero-order chi connectivity index (χ0) is 15.5. The van der Waals surface area contributed by atoms with Gasteiger partial charge >= 0.3 is 5.97 Å². The highest BCUT2D eigenvalue weighted by Gasteiger charge is 2.47. The zero-order valence-electron chi connectivity index (χ0n) is 14.4. The highest BCUT2D eigenvalue weighted by Crippen LogP contribution is 2.47. The quantitative estimate of drug-likeness (QED) is 0.716. The van der Waals surface area contributed by atoms with Crippen molar-refractivity contribution >= 4 is 5.97 Å². The fourth-order valence-electron chi connectivity index (χ4n) is 2.18. The van der Waals surface area contributed by atoms with Crippen LogP contribution in [0.25, 0.3) is 0 Å². The van der Waals surface area contributed by atoms with Crippen LogP contribution < -0.4 is 0 Å². The highest BCUT2D eigenvalue weighted by molar-refractivity contribution is 5.77. The molecule has 0 aliphatic heterocycles. The molecule has 0 rings (SSSR count). The maximum Gasteiger partial charge on any atom is 0.312 e. The molecule has 0 aromatic rings. The second-order valence-electron chi connectivity index (χ2n) is 8.26. The first-order valence-electron chi connectivity index (χ1n) is 7.11. The Bertz CT molecular complexity index is 297. The molecule has 3 nitrogen and oxygen atoms in total. The van der Waals surface area contributed by atoms with Gasteiger partial charge in [-0.25, -0.2) is 0 Å². The topological polar surface area (TPSA) is 29.5 Å². The maximum absolute atomic E-state index is 12.5. The van der Waals surface area contributed by atoms with Crippen molar-refractivity contribution in [1.29, 1.82) is 0 Å². The summed E-state index contributed by atoms with van der Waals surface area (Å²) in [5, 5.41) is 0. The van der Waals surface area contributed by atoms with Crippen LogP contribution in [0.5, 0.6) is 0 Å². The predicted molar refractivity (Wildman–Crippen MR) is 81.1 cm³/mol. The second kappa shape index (κ2) is 6.25. The average molecular weight is 271 g/mol. The molecule has 0 saturated carbocycles. The Morgan fingerprint density at radius 3 is 1.79 bits per heavy atom. The standard InChI is InChI=1S/C16H33NO2/c1-14(2,3)12-16(7,15(4,5)6)13(18)19-11-10-17(8)9/h10-12H2,1-9H3/t16-/m0/s1. The molecule has 0 spiro atoms. The number of carbonyl (C=O) groups is 1. The molecule has 0 saturated heterocycles. The molecular formula is C16H33NO2. The molecule has 0 aromatic carbocycles. The van der Waals surface area contributed by atoms with E-state index in [1.54, 1.807) is 0 Å². The minimum Gasteiger partial charge on any atom is -0.464 e. The van der Waals surface area contributed by atoms with E-state index in [1.165, 1.54) is 0 Å². The van der Waals surface area contributed by atoms with Crippen molar-refractivity contribution in [3.05, 3.63) is 0 Å². The van der Waals surface area contributed by atoms with Gasteiger partial charge in [-0.05, 0) is 38.3 Å². The Morgan fingerprint density at radius 2 is 1.47 bits per heavy atom. The third kappa shape index (κ3) is 5.94. The number of hydrogen-bond acceptors (Lipinski definition) is 3. The largest absolute Gasteiger partial charge is 0.464 e. The van der Waals surface area contributed by atoms with E-state index in [4.69, 9.17) is 4.74 Å². The van der Waals surface area contributed by atoms with E-state index in [2.05, 4.69) is 41.5 Å². The van der Waals surface area contributed by atoms with Crippen LogP contribution in [0, 0.1) is 16.2 Å². The van der Waals surface area contributed by atoms with E-state index in [9.17, 15) is 4.79 Å². The Morgan fingerprint density at radius 1 is 1.00 bits per heavy atom. The fraction of sp³-hybridized carbons (Fsp3) is 0.938. The van der Waals surface area contributed by atoms with Crippen LogP contribution in [0.4, 0.5) is 0 Å². The molecule has 0 aliphatic carbocycles. The number of rotatable bonds is 5. The Hall–Kier alpha value is -0.570. The first-order chi connectivity index (χ1) is 8.29. The molecule has 0 aromatic heterocycles. The lowest BCUT2D eigenvalue weighted by atomic mass is 9.61. The molecule has 19 heavy (non-hydrogen) atoms. The monoisotopic (exact) mass is 271 g/mol. The molecule has 0 bridgehead atoms. The van der Waals surface area contributed by atoms with Gasteiger partial charge in [-0.1, -0.05) is 41.5 Å². The third-order valence-electron chi connectivity index (χ3n) is 3.76. The Kier molecular flexibility index (Phi) is 6.07. The Labute approximate surface area is 119 Å². The zero-order valence-corrected chi connectivity index (χ0v) is 14.4. The normalized spacial score (nSPS) is 16.3. The number of esters is 1. The number of ether oxygens (including phenoxy) is 1. The van der Waals surface area contributed by atoms with Gasteiger partial charge in [0.25, 0.3) is 0 Å². The Balaban J connectivity index is 4.91. The summed E-state index contributed by atoms with van der Waals surface area (Å²) in [5.41, 5.74) is -0.477. The summed E-state index contributed by atoms with van der Waals surface area (Å²) in [4.78, 5) is 14.5. The van der Waals surface area contributed by atoms with Gasteiger partial charge < -0.3 is 9.64 Å². The molecule has 3 heteroatoms. The summed E-state index contributed by atoms with van der Waals surface area (Å²) >= 11 is 0. The van der Waals surface area contributed by atoms with Crippen molar-refractivity contribution in [1.82, 2.24) is 4.90 Å². The molecule has 114 valence electrons.